The van der Waals surface area contributed by atoms with E-state index in [1.807, 2.05) is 6.07 Å². The fourth-order valence-corrected chi connectivity index (χ4v) is 3.12. The smallest absolute Gasteiger partial charge is 0.198 e. The summed E-state index contributed by atoms with van der Waals surface area (Å²) in [6, 6.07) is 12.6. The van der Waals surface area contributed by atoms with Crippen molar-refractivity contribution in [3.05, 3.63) is 77.2 Å². The highest BCUT2D eigenvalue weighted by Gasteiger charge is 2.18. The number of ketones is 1. The minimum atomic E-state index is -2.07. The summed E-state index contributed by atoms with van der Waals surface area (Å²) in [6.45, 7) is 0. The molecule has 0 aliphatic rings. The van der Waals surface area contributed by atoms with Gasteiger partial charge in [0.1, 0.15) is 11.6 Å². The number of nitrogens with zero attached hydrogens (tertiary/aromatic N) is 2. The van der Waals surface area contributed by atoms with Crippen molar-refractivity contribution in [3.8, 4) is 5.69 Å². The summed E-state index contributed by atoms with van der Waals surface area (Å²) in [5.41, 5.74) is 8.19. The quantitative estimate of drug-likeness (QED) is 0.497. The van der Waals surface area contributed by atoms with Crippen LogP contribution >= 0.6 is 0 Å². The predicted molar refractivity (Wildman–Crippen MR) is 99.9 cm³/mol. The molecular formula is C19H17FN3O3S-. The number of carbonyl (C=O) groups excluding carboxylic acids is 1. The lowest BCUT2D eigenvalue weighted by Crippen LogP contribution is -2.08. The number of nitrogens with two attached hydrogens (primary N) is 1. The molecule has 6 nitrogen and oxygen atoms in total. The molecule has 1 aromatic heterocycles. The number of carbonyl (C=O) groups is 1. The van der Waals surface area contributed by atoms with E-state index in [-0.39, 0.29) is 28.7 Å². The molecule has 27 heavy (non-hydrogen) atoms. The summed E-state index contributed by atoms with van der Waals surface area (Å²) < 4.78 is 35.7. The molecule has 0 saturated heterocycles. The summed E-state index contributed by atoms with van der Waals surface area (Å²) in [4.78, 5) is 12.8. The Balaban J connectivity index is 1.82. The molecule has 140 valence electrons. The first-order valence-corrected chi connectivity index (χ1v) is 9.49. The average molecular weight is 386 g/mol. The highest BCUT2D eigenvalue weighted by Crippen LogP contribution is 2.21. The summed E-state index contributed by atoms with van der Waals surface area (Å²) in [5.74, 6) is -0.414. The Bertz CT molecular complexity index is 986. The van der Waals surface area contributed by atoms with Gasteiger partial charge in [0.25, 0.3) is 0 Å². The van der Waals surface area contributed by atoms with E-state index in [1.54, 1.807) is 18.2 Å². The fraction of sp³-hybridized carbons (Fsp3) is 0.158. The maximum absolute atomic E-state index is 13.1. The number of hydrogen-bond donors (Lipinski definition) is 1. The number of anilines is 1. The highest BCUT2D eigenvalue weighted by atomic mass is 32.2. The number of hydrogen-bond acceptors (Lipinski definition) is 5. The molecule has 0 radical (unpaired) electrons. The van der Waals surface area contributed by atoms with Gasteiger partial charge in [-0.1, -0.05) is 29.3 Å². The minimum Gasteiger partial charge on any atom is -0.772 e. The number of aryl methyl sites for hydroxylation is 1. The molecule has 0 saturated carbocycles. The van der Waals surface area contributed by atoms with E-state index in [0.29, 0.717) is 24.1 Å². The van der Waals surface area contributed by atoms with E-state index in [9.17, 15) is 17.9 Å². The van der Waals surface area contributed by atoms with Gasteiger partial charge < -0.3 is 10.3 Å². The summed E-state index contributed by atoms with van der Waals surface area (Å²) in [6.07, 6.45) is 2.42. The first kappa shape index (κ1) is 18.9. The van der Waals surface area contributed by atoms with E-state index in [4.69, 9.17) is 5.73 Å². The zero-order valence-electron chi connectivity index (χ0n) is 14.3. The van der Waals surface area contributed by atoms with Crippen molar-refractivity contribution >= 4 is 22.7 Å². The maximum atomic E-state index is 13.1. The SMILES string of the molecule is Nc1c(C(=O)c2cccc(CCCS(=O)[O-])c2)cnn1-c1ccc(F)cc1. The summed E-state index contributed by atoms with van der Waals surface area (Å²) >= 11 is -2.07. The summed E-state index contributed by atoms with van der Waals surface area (Å²) in [7, 11) is 0. The lowest BCUT2D eigenvalue weighted by Gasteiger charge is -2.07. The van der Waals surface area contributed by atoms with Crippen LogP contribution in [0.25, 0.3) is 5.69 Å². The third kappa shape index (κ3) is 4.47. The average Bonchev–Trinajstić information content (AvgIpc) is 3.03. The van der Waals surface area contributed by atoms with Crippen LogP contribution in [0.2, 0.25) is 0 Å². The van der Waals surface area contributed by atoms with Crippen LogP contribution in [-0.2, 0) is 17.5 Å². The molecule has 0 fully saturated rings. The molecule has 0 aliphatic carbocycles. The van der Waals surface area contributed by atoms with E-state index in [1.165, 1.54) is 35.1 Å². The van der Waals surface area contributed by atoms with Crippen LogP contribution in [-0.4, -0.2) is 30.1 Å². The predicted octanol–water partition coefficient (Wildman–Crippen LogP) is 2.64. The second kappa shape index (κ2) is 8.24. The topological polar surface area (TPSA) is 101 Å². The molecule has 0 amide bonds. The van der Waals surface area contributed by atoms with Crippen molar-refractivity contribution in [1.29, 1.82) is 0 Å². The molecule has 2 N–H and O–H groups in total. The van der Waals surface area contributed by atoms with Crippen LogP contribution in [0, 0.1) is 5.82 Å². The Hall–Kier alpha value is -2.84. The van der Waals surface area contributed by atoms with Gasteiger partial charge in [0.15, 0.2) is 5.78 Å². The number of nitrogen functional groups attached to an aromatic ring is 1. The second-order valence-corrected chi connectivity index (χ2v) is 6.99. The molecule has 0 bridgehead atoms. The maximum Gasteiger partial charge on any atom is 0.198 e. The van der Waals surface area contributed by atoms with E-state index in [2.05, 4.69) is 5.10 Å². The Labute approximate surface area is 158 Å². The Morgan fingerprint density at radius 1 is 1.22 bits per heavy atom. The van der Waals surface area contributed by atoms with Crippen molar-refractivity contribution in [3.63, 3.8) is 0 Å². The van der Waals surface area contributed by atoms with Crippen molar-refractivity contribution in [1.82, 2.24) is 9.78 Å². The highest BCUT2D eigenvalue weighted by molar-refractivity contribution is 7.79. The zero-order chi connectivity index (χ0) is 19.4. The third-order valence-electron chi connectivity index (χ3n) is 4.09. The molecule has 1 heterocycles. The van der Waals surface area contributed by atoms with Gasteiger partial charge in [0, 0.05) is 11.3 Å². The van der Waals surface area contributed by atoms with Crippen molar-refractivity contribution in [2.45, 2.75) is 12.8 Å². The standard InChI is InChI=1S/C19H18FN3O3S/c20-15-6-8-16(9-7-15)23-19(21)17(12-22-23)18(24)14-5-1-3-13(11-14)4-2-10-27(25)26/h1,3,5-9,11-12H,2,4,10,21H2,(H,25,26)/p-1. The number of benzene rings is 2. The van der Waals surface area contributed by atoms with Crippen LogP contribution in [0.5, 0.6) is 0 Å². The van der Waals surface area contributed by atoms with Crippen LogP contribution in [0.15, 0.2) is 54.7 Å². The molecule has 0 spiro atoms. The lowest BCUT2D eigenvalue weighted by molar-refractivity contribution is 0.103. The first-order valence-electron chi connectivity index (χ1n) is 8.24. The number of aromatic nitrogens is 2. The van der Waals surface area contributed by atoms with E-state index < -0.39 is 11.1 Å². The molecule has 1 unspecified atom stereocenters. The molecule has 1 atom stereocenters. The second-order valence-electron chi connectivity index (χ2n) is 5.97. The van der Waals surface area contributed by atoms with Gasteiger partial charge in [-0.25, -0.2) is 9.07 Å². The van der Waals surface area contributed by atoms with Gasteiger partial charge in [-0.05, 0) is 48.7 Å². The molecule has 3 rings (SSSR count). The molecular weight excluding hydrogens is 369 g/mol. The Kier molecular flexibility index (Phi) is 5.78. The van der Waals surface area contributed by atoms with Crippen LogP contribution < -0.4 is 5.73 Å². The number of halogens is 1. The molecule has 2 aromatic carbocycles. The minimum absolute atomic E-state index is 0.0789. The summed E-state index contributed by atoms with van der Waals surface area (Å²) in [5, 5.41) is 4.13. The van der Waals surface area contributed by atoms with Crippen LogP contribution in [0.4, 0.5) is 10.2 Å². The zero-order valence-corrected chi connectivity index (χ0v) is 15.1. The van der Waals surface area contributed by atoms with Gasteiger partial charge in [0.2, 0.25) is 0 Å². The fourth-order valence-electron chi connectivity index (χ4n) is 2.74. The van der Waals surface area contributed by atoms with Crippen molar-refractivity contribution in [2.75, 3.05) is 11.5 Å². The first-order chi connectivity index (χ1) is 13.0. The van der Waals surface area contributed by atoms with Gasteiger partial charge in [-0.3, -0.25) is 9.00 Å². The van der Waals surface area contributed by atoms with Crippen molar-refractivity contribution < 1.29 is 17.9 Å². The van der Waals surface area contributed by atoms with Gasteiger partial charge in [-0.2, -0.15) is 5.10 Å². The number of rotatable bonds is 7. The van der Waals surface area contributed by atoms with Gasteiger partial charge >= 0.3 is 0 Å². The lowest BCUT2D eigenvalue weighted by atomic mass is 10.0. The largest absolute Gasteiger partial charge is 0.772 e. The van der Waals surface area contributed by atoms with Gasteiger partial charge in [-0.15, -0.1) is 0 Å². The molecule has 0 aliphatic heterocycles. The van der Waals surface area contributed by atoms with Crippen molar-refractivity contribution in [2.24, 2.45) is 0 Å². The van der Waals surface area contributed by atoms with Crippen LogP contribution in [0.3, 0.4) is 0 Å². The molecule has 8 heteroatoms. The normalized spacial score (nSPS) is 12.1. The third-order valence-corrected chi connectivity index (χ3v) is 4.71. The van der Waals surface area contributed by atoms with E-state index >= 15 is 0 Å². The van der Waals surface area contributed by atoms with Crippen LogP contribution in [0.1, 0.15) is 27.9 Å². The Morgan fingerprint density at radius 3 is 2.67 bits per heavy atom. The Morgan fingerprint density at radius 2 is 1.96 bits per heavy atom. The van der Waals surface area contributed by atoms with E-state index in [0.717, 1.165) is 5.56 Å². The molecule has 3 aromatic rings. The van der Waals surface area contributed by atoms with Gasteiger partial charge in [0.05, 0.1) is 17.4 Å². The monoisotopic (exact) mass is 386 g/mol.